The lowest BCUT2D eigenvalue weighted by atomic mass is 9.67. The maximum absolute atomic E-state index is 14.8. The number of thioether (sulfide) groups is 1. The summed E-state index contributed by atoms with van der Waals surface area (Å²) in [6, 6.07) is 3.47. The summed E-state index contributed by atoms with van der Waals surface area (Å²) in [6.07, 6.45) is -5.07. The van der Waals surface area contributed by atoms with Gasteiger partial charge in [0.05, 0.1) is 0 Å². The second-order valence-electron chi connectivity index (χ2n) is 9.02. The van der Waals surface area contributed by atoms with E-state index in [1.54, 1.807) is 6.26 Å². The van der Waals surface area contributed by atoms with Crippen molar-refractivity contribution in [3.8, 4) is 0 Å². The number of nitrogens with one attached hydrogen (secondary N) is 1. The third-order valence-electron chi connectivity index (χ3n) is 5.88. The van der Waals surface area contributed by atoms with E-state index in [-0.39, 0.29) is 23.4 Å². The number of nitrogens with zero attached hydrogens (tertiary/aromatic N) is 2. The van der Waals surface area contributed by atoms with Crippen LogP contribution in [0, 0.1) is 11.2 Å². The molecule has 2 aliphatic carbocycles. The number of amides is 1. The van der Waals surface area contributed by atoms with Crippen LogP contribution in [0.25, 0.3) is 0 Å². The summed E-state index contributed by atoms with van der Waals surface area (Å²) >= 11 is 1.03. The molecule has 4 nitrogen and oxygen atoms in total. The highest BCUT2D eigenvalue weighted by Crippen LogP contribution is 2.55. The van der Waals surface area contributed by atoms with Crippen LogP contribution in [0.1, 0.15) is 54.4 Å². The zero-order valence-electron chi connectivity index (χ0n) is 17.6. The number of anilines is 1. The number of rotatable bonds is 6. The van der Waals surface area contributed by atoms with Gasteiger partial charge in [0.1, 0.15) is 22.8 Å². The summed E-state index contributed by atoms with van der Waals surface area (Å²) in [5.74, 6) is -4.77. The number of halogens is 7. The molecule has 1 amide bonds. The lowest BCUT2D eigenvalue weighted by Gasteiger charge is -2.44. The van der Waals surface area contributed by atoms with E-state index in [1.165, 1.54) is 19.1 Å². The summed E-state index contributed by atoms with van der Waals surface area (Å²) in [5.41, 5.74) is -6.78. The lowest BCUT2D eigenvalue weighted by Crippen LogP contribution is -2.47. The van der Waals surface area contributed by atoms with Gasteiger partial charge in [0.2, 0.25) is 5.92 Å². The molecule has 2 fully saturated rings. The molecule has 1 aromatic carbocycles. The van der Waals surface area contributed by atoms with E-state index in [9.17, 15) is 35.5 Å². The average molecular weight is 495 g/mol. The van der Waals surface area contributed by atoms with Crippen LogP contribution in [0.5, 0.6) is 0 Å². The Hall–Kier alpha value is -2.24. The molecule has 1 aromatic heterocycles. The Labute approximate surface area is 188 Å². The Morgan fingerprint density at radius 2 is 1.85 bits per heavy atom. The highest BCUT2D eigenvalue weighted by Gasteiger charge is 2.57. The summed E-state index contributed by atoms with van der Waals surface area (Å²) in [5, 5.41) is 6.07. The molecule has 1 N–H and O–H groups in total. The third-order valence-corrected chi connectivity index (χ3v) is 6.63. The SMILES string of the molecule is CSc1cc(NC(=O)c2c(C(F)(F)F)c(C3(F)CC3)nn2CC2(C)CC(F)(F)C2)ccc1F. The van der Waals surface area contributed by atoms with E-state index >= 15 is 0 Å². The van der Waals surface area contributed by atoms with Gasteiger partial charge in [-0.05, 0) is 42.7 Å². The van der Waals surface area contributed by atoms with Crippen LogP contribution < -0.4 is 5.32 Å². The lowest BCUT2D eigenvalue weighted by molar-refractivity contribution is -0.160. The van der Waals surface area contributed by atoms with Gasteiger partial charge < -0.3 is 5.32 Å². The monoisotopic (exact) mass is 495 g/mol. The first kappa shape index (κ1) is 23.9. The van der Waals surface area contributed by atoms with Crippen molar-refractivity contribution < 1.29 is 35.5 Å². The van der Waals surface area contributed by atoms with Gasteiger partial charge in [-0.3, -0.25) is 9.48 Å². The maximum Gasteiger partial charge on any atom is 0.420 e. The quantitative estimate of drug-likeness (QED) is 0.372. The van der Waals surface area contributed by atoms with Gasteiger partial charge in [-0.15, -0.1) is 11.8 Å². The minimum absolute atomic E-state index is 0.0240. The molecule has 1 heterocycles. The number of hydrogen-bond donors (Lipinski definition) is 1. The molecule has 0 bridgehead atoms. The van der Waals surface area contributed by atoms with Gasteiger partial charge >= 0.3 is 6.18 Å². The van der Waals surface area contributed by atoms with Crippen molar-refractivity contribution in [2.75, 3.05) is 11.6 Å². The van der Waals surface area contributed by atoms with Crippen LogP contribution in [-0.4, -0.2) is 27.9 Å². The number of carbonyl (C=O) groups is 1. The fourth-order valence-corrected chi connectivity index (χ4v) is 4.84. The minimum Gasteiger partial charge on any atom is -0.321 e. The predicted octanol–water partition coefficient (Wildman–Crippen LogP) is 6.41. The third kappa shape index (κ3) is 4.58. The predicted molar refractivity (Wildman–Crippen MR) is 108 cm³/mol. The number of aromatic nitrogens is 2. The van der Waals surface area contributed by atoms with Crippen LogP contribution in [0.2, 0.25) is 0 Å². The highest BCUT2D eigenvalue weighted by atomic mass is 32.2. The summed E-state index contributed by atoms with van der Waals surface area (Å²) < 4.78 is 98.3. The molecular weight excluding hydrogens is 475 g/mol. The normalized spacial score (nSPS) is 20.3. The number of carbonyl (C=O) groups excluding carboxylic acids is 1. The zero-order valence-corrected chi connectivity index (χ0v) is 18.4. The molecule has 2 aliphatic rings. The largest absolute Gasteiger partial charge is 0.420 e. The van der Waals surface area contributed by atoms with E-state index in [0.29, 0.717) is 4.68 Å². The van der Waals surface area contributed by atoms with E-state index < -0.39 is 71.2 Å². The molecule has 0 atom stereocenters. The Balaban J connectivity index is 1.77. The molecule has 0 radical (unpaired) electrons. The number of alkyl halides is 6. The first-order valence-corrected chi connectivity index (χ1v) is 11.3. The maximum atomic E-state index is 14.8. The van der Waals surface area contributed by atoms with Crippen LogP contribution in [0.15, 0.2) is 23.1 Å². The van der Waals surface area contributed by atoms with Gasteiger partial charge in [-0.25, -0.2) is 17.6 Å². The Morgan fingerprint density at radius 1 is 1.21 bits per heavy atom. The van der Waals surface area contributed by atoms with Gasteiger partial charge in [0.15, 0.2) is 5.67 Å². The molecular formula is C21H20F7N3OS. The first-order valence-electron chi connectivity index (χ1n) is 10.1. The van der Waals surface area contributed by atoms with Crippen molar-refractivity contribution in [2.45, 2.75) is 61.8 Å². The fraction of sp³-hybridized carbons (Fsp3) is 0.524. The summed E-state index contributed by atoms with van der Waals surface area (Å²) in [4.78, 5) is 13.2. The molecule has 0 unspecified atom stereocenters. The Bertz CT molecular complexity index is 1100. The second kappa shape index (κ2) is 7.64. The molecule has 0 aliphatic heterocycles. The van der Waals surface area contributed by atoms with Crippen molar-refractivity contribution in [2.24, 2.45) is 5.41 Å². The number of hydrogen-bond acceptors (Lipinski definition) is 3. The zero-order chi connectivity index (χ0) is 24.4. The average Bonchev–Trinajstić information content (AvgIpc) is 3.28. The van der Waals surface area contributed by atoms with Gasteiger partial charge in [-0.2, -0.15) is 18.3 Å². The molecule has 2 saturated carbocycles. The standard InChI is InChI=1S/C21H20F7N3OS/c1-18(8-20(24,25)9-18)10-31-15(14(21(26,27)28)16(30-31)19(23)5-6-19)17(32)29-11-3-4-12(22)13(7-11)33-2/h3-4,7H,5-6,8-10H2,1-2H3,(H,29,32). The van der Waals surface area contributed by atoms with Crippen molar-refractivity contribution in [1.82, 2.24) is 9.78 Å². The van der Waals surface area contributed by atoms with Crippen LogP contribution >= 0.6 is 11.8 Å². The summed E-state index contributed by atoms with van der Waals surface area (Å²) in [7, 11) is 0. The van der Waals surface area contributed by atoms with Crippen molar-refractivity contribution >= 4 is 23.4 Å². The van der Waals surface area contributed by atoms with E-state index in [4.69, 9.17) is 0 Å². The van der Waals surface area contributed by atoms with Crippen molar-refractivity contribution in [1.29, 1.82) is 0 Å². The molecule has 0 saturated heterocycles. The van der Waals surface area contributed by atoms with Crippen LogP contribution in [-0.2, 0) is 18.4 Å². The van der Waals surface area contributed by atoms with E-state index in [2.05, 4.69) is 10.4 Å². The highest BCUT2D eigenvalue weighted by molar-refractivity contribution is 7.98. The molecule has 4 rings (SSSR count). The molecule has 0 spiro atoms. The smallest absolute Gasteiger partial charge is 0.321 e. The molecule has 2 aromatic rings. The molecule has 12 heteroatoms. The first-order chi connectivity index (χ1) is 15.2. The van der Waals surface area contributed by atoms with Gasteiger partial charge in [0, 0.05) is 30.0 Å². The van der Waals surface area contributed by atoms with Crippen LogP contribution in [0.4, 0.5) is 36.4 Å². The summed E-state index contributed by atoms with van der Waals surface area (Å²) in [6.45, 7) is 1.04. The van der Waals surface area contributed by atoms with Gasteiger partial charge in [-0.1, -0.05) is 6.92 Å². The Kier molecular flexibility index (Phi) is 5.53. The van der Waals surface area contributed by atoms with Crippen molar-refractivity contribution in [3.63, 3.8) is 0 Å². The van der Waals surface area contributed by atoms with Gasteiger partial charge in [0.25, 0.3) is 5.91 Å². The molecule has 180 valence electrons. The second-order valence-corrected chi connectivity index (χ2v) is 9.86. The number of benzene rings is 1. The van der Waals surface area contributed by atoms with Crippen molar-refractivity contribution in [3.05, 3.63) is 41.0 Å². The van der Waals surface area contributed by atoms with Crippen LogP contribution in [0.3, 0.4) is 0 Å². The topological polar surface area (TPSA) is 46.9 Å². The minimum atomic E-state index is -5.11. The Morgan fingerprint density at radius 3 is 2.36 bits per heavy atom. The fourth-order valence-electron chi connectivity index (χ4n) is 4.33. The van der Waals surface area contributed by atoms with E-state index in [1.807, 2.05) is 0 Å². The van der Waals surface area contributed by atoms with E-state index in [0.717, 1.165) is 17.8 Å². The molecule has 33 heavy (non-hydrogen) atoms.